The van der Waals surface area contributed by atoms with Gasteiger partial charge >= 0.3 is 0 Å². The van der Waals surface area contributed by atoms with E-state index in [1.165, 1.54) is 6.33 Å². The van der Waals surface area contributed by atoms with Crippen molar-refractivity contribution in [3.05, 3.63) is 41.3 Å². The first-order valence-corrected chi connectivity index (χ1v) is 6.05. The summed E-state index contributed by atoms with van der Waals surface area (Å²) in [6.45, 7) is 1.83. The van der Waals surface area contributed by atoms with Gasteiger partial charge in [0.2, 0.25) is 5.88 Å². The Bertz CT molecular complexity index is 596. The highest BCUT2D eigenvalue weighted by atomic mass is 16.5. The molecule has 1 aromatic carbocycles. The fraction of sp³-hybridized carbons (Fsp3) is 0.286. The molecule has 0 amide bonds. The second-order valence-corrected chi connectivity index (χ2v) is 4.46. The van der Waals surface area contributed by atoms with Crippen LogP contribution in [0.5, 0.6) is 17.4 Å². The molecule has 0 unspecified atom stereocenters. The average Bonchev–Trinajstić information content (AvgIpc) is 2.84. The van der Waals surface area contributed by atoms with Gasteiger partial charge in [0, 0.05) is 11.1 Å². The topological polar surface area (TPSA) is 55.2 Å². The Labute approximate surface area is 105 Å². The van der Waals surface area contributed by atoms with Gasteiger partial charge in [0.25, 0.3) is 0 Å². The standard InChI is InChI=1S/C14H14N2O2/c1-9-12(17)6-3-7-13(9)18-14-10-4-2-5-11(10)15-8-16-14/h3,6-8,17H,2,4-5H2,1H3. The molecule has 0 bridgehead atoms. The Hall–Kier alpha value is -2.10. The predicted octanol–water partition coefficient (Wildman–Crippen LogP) is 2.77. The summed E-state index contributed by atoms with van der Waals surface area (Å²) < 4.78 is 5.82. The van der Waals surface area contributed by atoms with E-state index in [0.717, 1.165) is 36.1 Å². The summed E-state index contributed by atoms with van der Waals surface area (Å²) in [7, 11) is 0. The number of phenolic OH excluding ortho intramolecular Hbond substituents is 1. The number of hydrogen-bond acceptors (Lipinski definition) is 4. The van der Waals surface area contributed by atoms with Crippen LogP contribution >= 0.6 is 0 Å². The number of rotatable bonds is 2. The van der Waals surface area contributed by atoms with Crippen LogP contribution in [-0.4, -0.2) is 15.1 Å². The first-order chi connectivity index (χ1) is 8.75. The van der Waals surface area contributed by atoms with Crippen LogP contribution in [0.1, 0.15) is 23.2 Å². The molecule has 18 heavy (non-hydrogen) atoms. The molecular weight excluding hydrogens is 228 g/mol. The zero-order chi connectivity index (χ0) is 12.5. The molecule has 0 saturated carbocycles. The lowest BCUT2D eigenvalue weighted by Crippen LogP contribution is -1.97. The number of hydrogen-bond donors (Lipinski definition) is 1. The molecule has 4 nitrogen and oxygen atoms in total. The molecule has 0 spiro atoms. The van der Waals surface area contributed by atoms with Crippen LogP contribution in [0.3, 0.4) is 0 Å². The van der Waals surface area contributed by atoms with E-state index in [2.05, 4.69) is 9.97 Å². The highest BCUT2D eigenvalue weighted by Gasteiger charge is 2.19. The monoisotopic (exact) mass is 242 g/mol. The molecule has 1 aromatic heterocycles. The van der Waals surface area contributed by atoms with E-state index in [1.807, 2.05) is 13.0 Å². The van der Waals surface area contributed by atoms with Crippen molar-refractivity contribution in [2.45, 2.75) is 26.2 Å². The Morgan fingerprint density at radius 2 is 2.11 bits per heavy atom. The lowest BCUT2D eigenvalue weighted by Gasteiger charge is -2.11. The largest absolute Gasteiger partial charge is 0.508 e. The van der Waals surface area contributed by atoms with Crippen LogP contribution in [0, 0.1) is 6.92 Å². The zero-order valence-corrected chi connectivity index (χ0v) is 10.2. The third kappa shape index (κ3) is 1.79. The summed E-state index contributed by atoms with van der Waals surface area (Å²) in [6, 6.07) is 5.24. The number of aryl methyl sites for hydroxylation is 1. The Balaban J connectivity index is 1.98. The number of aromatic nitrogens is 2. The molecule has 0 atom stereocenters. The summed E-state index contributed by atoms with van der Waals surface area (Å²) >= 11 is 0. The van der Waals surface area contributed by atoms with Crippen molar-refractivity contribution in [2.75, 3.05) is 0 Å². The molecule has 3 rings (SSSR count). The van der Waals surface area contributed by atoms with Crippen LogP contribution in [-0.2, 0) is 12.8 Å². The van der Waals surface area contributed by atoms with Gasteiger partial charge in [-0.3, -0.25) is 0 Å². The molecule has 0 saturated heterocycles. The van der Waals surface area contributed by atoms with Gasteiger partial charge in [-0.15, -0.1) is 0 Å². The number of phenols is 1. The maximum atomic E-state index is 9.66. The quantitative estimate of drug-likeness (QED) is 0.879. The summed E-state index contributed by atoms with van der Waals surface area (Å²) in [5.41, 5.74) is 2.90. The minimum absolute atomic E-state index is 0.234. The van der Waals surface area contributed by atoms with Crippen LogP contribution in [0.4, 0.5) is 0 Å². The van der Waals surface area contributed by atoms with Crippen molar-refractivity contribution in [3.63, 3.8) is 0 Å². The Morgan fingerprint density at radius 3 is 3.00 bits per heavy atom. The van der Waals surface area contributed by atoms with E-state index in [0.29, 0.717) is 11.6 Å². The van der Waals surface area contributed by atoms with Gasteiger partial charge < -0.3 is 9.84 Å². The Morgan fingerprint density at radius 1 is 1.22 bits per heavy atom. The Kier molecular flexibility index (Phi) is 2.63. The van der Waals surface area contributed by atoms with Gasteiger partial charge in [0.15, 0.2) is 0 Å². The molecule has 2 aromatic rings. The molecule has 0 fully saturated rings. The molecule has 0 aliphatic heterocycles. The van der Waals surface area contributed by atoms with Crippen LogP contribution < -0.4 is 4.74 Å². The van der Waals surface area contributed by atoms with E-state index in [9.17, 15) is 5.11 Å². The van der Waals surface area contributed by atoms with E-state index >= 15 is 0 Å². The van der Waals surface area contributed by atoms with Gasteiger partial charge in [-0.05, 0) is 38.3 Å². The second-order valence-electron chi connectivity index (χ2n) is 4.46. The van der Waals surface area contributed by atoms with Crippen molar-refractivity contribution >= 4 is 0 Å². The molecule has 4 heteroatoms. The lowest BCUT2D eigenvalue weighted by atomic mass is 10.2. The number of benzene rings is 1. The van der Waals surface area contributed by atoms with Gasteiger partial charge in [0.1, 0.15) is 17.8 Å². The van der Waals surface area contributed by atoms with Crippen molar-refractivity contribution < 1.29 is 9.84 Å². The first kappa shape index (κ1) is 11.0. The molecule has 1 aliphatic carbocycles. The van der Waals surface area contributed by atoms with Crippen LogP contribution in [0.2, 0.25) is 0 Å². The van der Waals surface area contributed by atoms with E-state index in [1.54, 1.807) is 12.1 Å². The molecule has 1 aliphatic rings. The summed E-state index contributed by atoms with van der Waals surface area (Å²) in [5, 5.41) is 9.66. The number of ether oxygens (including phenoxy) is 1. The van der Waals surface area contributed by atoms with Crippen LogP contribution in [0.15, 0.2) is 24.5 Å². The summed E-state index contributed by atoms with van der Waals surface area (Å²) in [5.74, 6) is 1.49. The van der Waals surface area contributed by atoms with E-state index in [4.69, 9.17) is 4.74 Å². The van der Waals surface area contributed by atoms with E-state index in [-0.39, 0.29) is 5.75 Å². The van der Waals surface area contributed by atoms with Crippen molar-refractivity contribution in [1.29, 1.82) is 0 Å². The SMILES string of the molecule is Cc1c(O)cccc1Oc1ncnc2c1CCC2. The fourth-order valence-corrected chi connectivity index (χ4v) is 2.24. The normalized spacial score (nSPS) is 13.4. The summed E-state index contributed by atoms with van der Waals surface area (Å²) in [6.07, 6.45) is 4.59. The molecule has 1 N–H and O–H groups in total. The van der Waals surface area contributed by atoms with Gasteiger partial charge in [-0.1, -0.05) is 6.07 Å². The fourth-order valence-electron chi connectivity index (χ4n) is 2.24. The number of fused-ring (bicyclic) bond motifs is 1. The minimum atomic E-state index is 0.234. The molecule has 92 valence electrons. The molecule has 1 heterocycles. The van der Waals surface area contributed by atoms with Crippen molar-refractivity contribution in [3.8, 4) is 17.4 Å². The van der Waals surface area contributed by atoms with E-state index < -0.39 is 0 Å². The highest BCUT2D eigenvalue weighted by Crippen LogP contribution is 2.33. The smallest absolute Gasteiger partial charge is 0.225 e. The first-order valence-electron chi connectivity index (χ1n) is 6.05. The number of nitrogens with zero attached hydrogens (tertiary/aromatic N) is 2. The molecule has 0 radical (unpaired) electrons. The second kappa shape index (κ2) is 4.29. The van der Waals surface area contributed by atoms with Crippen molar-refractivity contribution in [2.24, 2.45) is 0 Å². The lowest BCUT2D eigenvalue weighted by molar-refractivity contribution is 0.434. The predicted molar refractivity (Wildman–Crippen MR) is 67.0 cm³/mol. The van der Waals surface area contributed by atoms with Crippen LogP contribution in [0.25, 0.3) is 0 Å². The zero-order valence-electron chi connectivity index (χ0n) is 10.2. The third-order valence-electron chi connectivity index (χ3n) is 3.30. The number of aromatic hydroxyl groups is 1. The highest BCUT2D eigenvalue weighted by molar-refractivity contribution is 5.45. The maximum Gasteiger partial charge on any atom is 0.225 e. The van der Waals surface area contributed by atoms with Crippen molar-refractivity contribution in [1.82, 2.24) is 9.97 Å². The third-order valence-corrected chi connectivity index (χ3v) is 3.30. The molecular formula is C14H14N2O2. The maximum absolute atomic E-state index is 9.66. The van der Waals surface area contributed by atoms with Gasteiger partial charge in [-0.25, -0.2) is 9.97 Å². The van der Waals surface area contributed by atoms with Gasteiger partial charge in [-0.2, -0.15) is 0 Å². The van der Waals surface area contributed by atoms with Gasteiger partial charge in [0.05, 0.1) is 5.69 Å². The average molecular weight is 242 g/mol. The minimum Gasteiger partial charge on any atom is -0.508 e. The summed E-state index contributed by atoms with van der Waals surface area (Å²) in [4.78, 5) is 8.46.